The zero-order chi connectivity index (χ0) is 68.1. The second-order valence-corrected chi connectivity index (χ2v) is 24.4. The van der Waals surface area contributed by atoms with Crippen LogP contribution >= 0.6 is 0 Å². The van der Waals surface area contributed by atoms with Gasteiger partial charge in [-0.05, 0) is 56.3 Å². The van der Waals surface area contributed by atoms with Gasteiger partial charge in [0, 0.05) is 59.2 Å². The summed E-state index contributed by atoms with van der Waals surface area (Å²) < 4.78 is 50.4. The van der Waals surface area contributed by atoms with E-state index >= 15 is 0 Å². The van der Waals surface area contributed by atoms with Gasteiger partial charge in [-0.1, -0.05) is 20.8 Å². The first kappa shape index (κ1) is 79.5. The van der Waals surface area contributed by atoms with E-state index in [1.54, 1.807) is 0 Å². The van der Waals surface area contributed by atoms with Crippen molar-refractivity contribution in [3.05, 3.63) is 0 Å². The Hall–Kier alpha value is -4.96. The molecule has 0 aromatic carbocycles. The topological polar surface area (TPSA) is 498 Å². The first-order chi connectivity index (χ1) is 43.7. The van der Waals surface area contributed by atoms with Gasteiger partial charge in [0.25, 0.3) is 0 Å². The quantitative estimate of drug-likeness (QED) is 0.0254. The maximum Gasteiger partial charge on any atom is 0.242 e. The Balaban J connectivity index is 1.35. The van der Waals surface area contributed by atoms with Crippen molar-refractivity contribution in [2.24, 2.45) is 17.3 Å². The first-order valence-electron chi connectivity index (χ1n) is 31.4. The van der Waals surface area contributed by atoms with Gasteiger partial charge in [0.05, 0.1) is 79.3 Å². The van der Waals surface area contributed by atoms with Crippen LogP contribution in [0.15, 0.2) is 0 Å². The van der Waals surface area contributed by atoms with E-state index < -0.39 is 165 Å². The minimum Gasteiger partial charge on any atom is -0.394 e. The van der Waals surface area contributed by atoms with Crippen LogP contribution in [0, 0.1) is 17.3 Å². The summed E-state index contributed by atoms with van der Waals surface area (Å²) in [5, 5.41) is 112. The van der Waals surface area contributed by atoms with Gasteiger partial charge in [-0.25, -0.2) is 0 Å². The zero-order valence-electron chi connectivity index (χ0n) is 53.4. The molecule has 3 saturated heterocycles. The van der Waals surface area contributed by atoms with Crippen molar-refractivity contribution in [3.8, 4) is 0 Å². The van der Waals surface area contributed by atoms with Crippen molar-refractivity contribution < 1.29 is 127 Å². The average Bonchev–Trinajstić information content (AvgIpc) is 0.846. The second-order valence-electron chi connectivity index (χ2n) is 24.4. The first-order valence-corrected chi connectivity index (χ1v) is 31.4. The minimum atomic E-state index is -1.53. The van der Waals surface area contributed by atoms with E-state index in [0.717, 1.165) is 19.3 Å². The molecule has 0 bridgehead atoms. The summed E-state index contributed by atoms with van der Waals surface area (Å²) in [6.45, 7) is 7.23. The fraction of sp³-hybridized carbons (Fsp3) is 0.862. The highest BCUT2D eigenvalue weighted by Crippen LogP contribution is 2.37. The Labute approximate surface area is 534 Å². The molecule has 0 radical (unpaired) electrons. The Morgan fingerprint density at radius 1 is 0.457 bits per heavy atom. The molecule has 530 valence electrons. The molecule has 4 rings (SSSR count). The predicted molar refractivity (Wildman–Crippen MR) is 317 cm³/mol. The molecule has 34 nitrogen and oxygen atoms in total. The number of aliphatic hydroxyl groups excluding tert-OH is 9. The van der Waals surface area contributed by atoms with Crippen LogP contribution in [0.4, 0.5) is 0 Å². The lowest BCUT2D eigenvalue weighted by Gasteiger charge is -2.42. The molecule has 1 saturated carbocycles. The van der Waals surface area contributed by atoms with E-state index in [-0.39, 0.29) is 122 Å². The lowest BCUT2D eigenvalue weighted by Crippen LogP contribution is -2.64. The Morgan fingerprint density at radius 2 is 0.804 bits per heavy atom. The standard InChI is InChI=1S/C58H102N8O26/c1-31(70)62-43-49(78)46(75)38(28-67)90-55(43)87-24-21-84-18-15-59-41(73)13-11-36(53(82)60-16-19-85-22-25-88-56-44(63-32(2)71)50(79)47(76)39(29-68)91-56)65-42(74)14-12-37(66-52(81)35-9-7-34(8-10-35)27-58(4,5)6)54(83)61-17-20-86-23-26-89-57-45(64-33(3)72)51(80)48(77)40(30-69)92-57/h34-40,43-51,55-57,67-69,75-80H,7-30H2,1-6H3,(H,59,73)(H,60,82)(H,61,83)(H,62,70)(H,63,71)(H,64,72)(H,65,74)(H,66,81). The van der Waals surface area contributed by atoms with Crippen molar-refractivity contribution in [1.29, 1.82) is 0 Å². The van der Waals surface area contributed by atoms with Crippen LogP contribution in [0.25, 0.3) is 0 Å². The third-order valence-corrected chi connectivity index (χ3v) is 15.7. The third kappa shape index (κ3) is 27.4. The van der Waals surface area contributed by atoms with Gasteiger partial charge in [0.15, 0.2) is 18.9 Å². The van der Waals surface area contributed by atoms with Gasteiger partial charge in [-0.2, -0.15) is 0 Å². The van der Waals surface area contributed by atoms with Crippen LogP contribution in [0.1, 0.15) is 99.3 Å². The summed E-state index contributed by atoms with van der Waals surface area (Å²) in [4.78, 5) is 104. The molecule has 17 atom stereocenters. The van der Waals surface area contributed by atoms with E-state index in [1.165, 1.54) is 20.8 Å². The lowest BCUT2D eigenvalue weighted by atomic mass is 9.74. The summed E-state index contributed by atoms with van der Waals surface area (Å²) in [7, 11) is 0. The highest BCUT2D eigenvalue weighted by atomic mass is 16.7. The van der Waals surface area contributed by atoms with Gasteiger partial charge in [-0.15, -0.1) is 0 Å². The van der Waals surface area contributed by atoms with Gasteiger partial charge >= 0.3 is 0 Å². The van der Waals surface area contributed by atoms with Crippen LogP contribution in [-0.2, 0) is 81.0 Å². The van der Waals surface area contributed by atoms with Crippen molar-refractivity contribution in [3.63, 3.8) is 0 Å². The van der Waals surface area contributed by atoms with Crippen molar-refractivity contribution in [2.45, 2.75) is 203 Å². The van der Waals surface area contributed by atoms with Crippen molar-refractivity contribution in [2.75, 3.05) is 98.9 Å². The molecule has 0 aromatic rings. The Kier molecular flexibility index (Phi) is 35.5. The number of rotatable bonds is 39. The summed E-state index contributed by atoms with van der Waals surface area (Å²) in [5.41, 5.74) is 0.104. The van der Waals surface area contributed by atoms with E-state index in [2.05, 4.69) is 63.3 Å². The molecular formula is C58H102N8O26. The third-order valence-electron chi connectivity index (χ3n) is 15.7. The number of hydrogen-bond acceptors (Lipinski definition) is 26. The van der Waals surface area contributed by atoms with E-state index in [4.69, 9.17) is 42.6 Å². The second kappa shape index (κ2) is 41.1. The summed E-state index contributed by atoms with van der Waals surface area (Å²) in [6, 6.07) is -6.03. The molecule has 0 spiro atoms. The normalized spacial score (nSPS) is 29.8. The lowest BCUT2D eigenvalue weighted by molar-refractivity contribution is -0.272. The Morgan fingerprint density at radius 3 is 1.15 bits per heavy atom. The largest absolute Gasteiger partial charge is 0.394 e. The number of ether oxygens (including phenoxy) is 9. The molecule has 17 N–H and O–H groups in total. The minimum absolute atomic E-state index is 0.00352. The highest BCUT2D eigenvalue weighted by molar-refractivity contribution is 5.90. The van der Waals surface area contributed by atoms with Crippen LogP contribution < -0.4 is 42.5 Å². The maximum absolute atomic E-state index is 13.8. The number of hydrogen-bond donors (Lipinski definition) is 17. The van der Waals surface area contributed by atoms with E-state index in [9.17, 15) is 84.3 Å². The molecule has 92 heavy (non-hydrogen) atoms. The van der Waals surface area contributed by atoms with Crippen LogP contribution in [0.5, 0.6) is 0 Å². The van der Waals surface area contributed by atoms with Crippen molar-refractivity contribution in [1.82, 2.24) is 42.5 Å². The number of aliphatic hydroxyl groups is 9. The zero-order valence-corrected chi connectivity index (χ0v) is 53.4. The Bertz CT molecular complexity index is 2270. The summed E-state index contributed by atoms with van der Waals surface area (Å²) in [6.07, 6.45) is -13.7. The molecule has 17 unspecified atom stereocenters. The molecule has 8 amide bonds. The maximum atomic E-state index is 13.8. The monoisotopic (exact) mass is 1330 g/mol. The van der Waals surface area contributed by atoms with Gasteiger partial charge in [-0.3, -0.25) is 38.4 Å². The average molecular weight is 1330 g/mol. The van der Waals surface area contributed by atoms with E-state index in [0.29, 0.717) is 18.8 Å². The molecule has 4 fully saturated rings. The van der Waals surface area contributed by atoms with E-state index in [1.807, 2.05) is 0 Å². The molecule has 1 aliphatic carbocycles. The highest BCUT2D eigenvalue weighted by Gasteiger charge is 2.48. The molecule has 0 aromatic heterocycles. The molecular weight excluding hydrogens is 1220 g/mol. The van der Waals surface area contributed by atoms with Crippen LogP contribution in [-0.4, -0.2) is 296 Å². The summed E-state index contributed by atoms with van der Waals surface area (Å²) in [5.74, 6) is -4.49. The summed E-state index contributed by atoms with van der Waals surface area (Å²) >= 11 is 0. The van der Waals surface area contributed by atoms with Crippen LogP contribution in [0.3, 0.4) is 0 Å². The number of amides is 8. The number of carbonyl (C=O) groups is 8. The van der Waals surface area contributed by atoms with Gasteiger partial charge in [0.1, 0.15) is 85.1 Å². The number of carbonyl (C=O) groups excluding carboxylic acids is 8. The smallest absolute Gasteiger partial charge is 0.242 e. The van der Waals surface area contributed by atoms with Gasteiger partial charge < -0.3 is 131 Å². The molecule has 34 heteroatoms. The number of nitrogens with one attached hydrogen (secondary N) is 8. The molecule has 4 aliphatic rings. The van der Waals surface area contributed by atoms with Crippen molar-refractivity contribution >= 4 is 47.3 Å². The van der Waals surface area contributed by atoms with Gasteiger partial charge in [0.2, 0.25) is 47.3 Å². The molecule has 3 aliphatic heterocycles. The fourth-order valence-electron chi connectivity index (χ4n) is 11.0. The molecule has 3 heterocycles. The predicted octanol–water partition coefficient (Wildman–Crippen LogP) is -6.96. The SMILES string of the molecule is CC(=O)NC1C(OCCOCCNC(=O)CCC(NC(=O)CCC(NC(=O)C2CCC(CC(C)(C)C)CC2)C(=O)NCCOCCOC2OC(CO)C(O)C(O)C2NC(C)=O)C(=O)NCCOCCOC2OC(CO)C(O)C(O)C2NC(C)=O)OC(CO)C(O)C1O. The van der Waals surface area contributed by atoms with Crippen LogP contribution in [0.2, 0.25) is 0 Å². The fourth-order valence-corrected chi connectivity index (χ4v) is 11.0.